The molecule has 0 spiro atoms. The topological polar surface area (TPSA) is 113 Å². The van der Waals surface area contributed by atoms with E-state index >= 15 is 0 Å². The van der Waals surface area contributed by atoms with Gasteiger partial charge in [-0.1, -0.05) is 12.1 Å². The fourth-order valence-corrected chi connectivity index (χ4v) is 3.14. The number of ether oxygens (including phenoxy) is 1. The van der Waals surface area contributed by atoms with Gasteiger partial charge in [0.15, 0.2) is 5.11 Å². The first kappa shape index (κ1) is 22.0. The SMILES string of the molecule is COc1ccc(/C=C/C(=O)NC(=S)NNC(=O)C2CC(=O)N(Cc3ccco3)C2)cc1. The van der Waals surface area contributed by atoms with Gasteiger partial charge in [0.05, 0.1) is 25.8 Å². The van der Waals surface area contributed by atoms with Crippen LogP contribution >= 0.6 is 12.2 Å². The van der Waals surface area contributed by atoms with E-state index in [0.717, 1.165) is 11.3 Å². The van der Waals surface area contributed by atoms with Gasteiger partial charge >= 0.3 is 0 Å². The molecular weight excluding hydrogens is 420 g/mol. The molecular formula is C21H22N4O5S. The molecule has 2 aromatic rings. The molecule has 1 aromatic heterocycles. The third-order valence-corrected chi connectivity index (χ3v) is 4.80. The van der Waals surface area contributed by atoms with Gasteiger partial charge in [0, 0.05) is 19.0 Å². The Morgan fingerprint density at radius 2 is 2.03 bits per heavy atom. The highest BCUT2D eigenvalue weighted by molar-refractivity contribution is 7.80. The molecule has 3 rings (SSSR count). The summed E-state index contributed by atoms with van der Waals surface area (Å²) in [5, 5.41) is 2.37. The molecule has 2 heterocycles. The molecule has 3 amide bonds. The average Bonchev–Trinajstić information content (AvgIpc) is 3.41. The summed E-state index contributed by atoms with van der Waals surface area (Å²) < 4.78 is 10.3. The van der Waals surface area contributed by atoms with Gasteiger partial charge in [-0.25, -0.2) is 0 Å². The number of hydrogen-bond acceptors (Lipinski definition) is 6. The summed E-state index contributed by atoms with van der Waals surface area (Å²) in [5.41, 5.74) is 5.72. The lowest BCUT2D eigenvalue weighted by Gasteiger charge is -2.15. The standard InChI is InChI=1S/C21H22N4O5S/c1-29-16-7-4-14(5-8-16)6-9-18(26)22-21(31)24-23-20(28)15-11-19(27)25(12-15)13-17-3-2-10-30-17/h2-10,15H,11-13H2,1H3,(H,23,28)(H2,22,24,26,31)/b9-6+. The molecule has 10 heteroatoms. The molecule has 31 heavy (non-hydrogen) atoms. The number of furan rings is 1. The van der Waals surface area contributed by atoms with Crippen molar-refractivity contribution in [2.24, 2.45) is 5.92 Å². The summed E-state index contributed by atoms with van der Waals surface area (Å²) in [5.74, 6) is -0.127. The number of benzene rings is 1. The number of methoxy groups -OCH3 is 1. The van der Waals surface area contributed by atoms with Gasteiger partial charge in [-0.15, -0.1) is 0 Å². The maximum atomic E-state index is 12.3. The van der Waals surface area contributed by atoms with Crippen molar-refractivity contribution in [2.45, 2.75) is 13.0 Å². The Hall–Kier alpha value is -3.66. The number of nitrogens with zero attached hydrogens (tertiary/aromatic N) is 1. The Morgan fingerprint density at radius 1 is 1.26 bits per heavy atom. The van der Waals surface area contributed by atoms with E-state index in [2.05, 4.69) is 16.2 Å². The molecule has 162 valence electrons. The molecule has 1 fully saturated rings. The van der Waals surface area contributed by atoms with Crippen LogP contribution in [0.1, 0.15) is 17.7 Å². The lowest BCUT2D eigenvalue weighted by molar-refractivity contribution is -0.129. The molecule has 0 bridgehead atoms. The van der Waals surface area contributed by atoms with Gasteiger partial charge in [-0.3, -0.25) is 30.6 Å². The fraction of sp³-hybridized carbons (Fsp3) is 0.238. The minimum Gasteiger partial charge on any atom is -0.497 e. The Labute approximate surface area is 184 Å². The van der Waals surface area contributed by atoms with E-state index in [1.165, 1.54) is 12.3 Å². The number of carbonyl (C=O) groups excluding carboxylic acids is 3. The van der Waals surface area contributed by atoms with Crippen molar-refractivity contribution in [3.05, 3.63) is 60.1 Å². The molecule has 1 aliphatic heterocycles. The van der Waals surface area contributed by atoms with Gasteiger partial charge in [0.25, 0.3) is 0 Å². The maximum absolute atomic E-state index is 12.3. The van der Waals surface area contributed by atoms with Crippen LogP contribution in [0, 0.1) is 5.92 Å². The number of rotatable bonds is 6. The highest BCUT2D eigenvalue weighted by atomic mass is 32.1. The number of nitrogens with one attached hydrogen (secondary N) is 3. The summed E-state index contributed by atoms with van der Waals surface area (Å²) >= 11 is 5.01. The smallest absolute Gasteiger partial charge is 0.250 e. The molecule has 1 unspecified atom stereocenters. The second-order valence-electron chi connectivity index (χ2n) is 6.79. The van der Waals surface area contributed by atoms with Gasteiger partial charge in [0.2, 0.25) is 17.7 Å². The summed E-state index contributed by atoms with van der Waals surface area (Å²) in [6.07, 6.45) is 4.57. The van der Waals surface area contributed by atoms with E-state index in [4.69, 9.17) is 21.4 Å². The number of hydrazine groups is 1. The van der Waals surface area contributed by atoms with Gasteiger partial charge in [0.1, 0.15) is 11.5 Å². The van der Waals surface area contributed by atoms with E-state index in [1.54, 1.807) is 54.5 Å². The van der Waals surface area contributed by atoms with Crippen molar-refractivity contribution in [3.8, 4) is 5.75 Å². The first-order valence-corrected chi connectivity index (χ1v) is 9.88. The Balaban J connectivity index is 1.40. The first-order chi connectivity index (χ1) is 14.9. The molecule has 0 saturated carbocycles. The lowest BCUT2D eigenvalue weighted by atomic mass is 10.1. The Kier molecular flexibility index (Phi) is 7.39. The van der Waals surface area contributed by atoms with Crippen molar-refractivity contribution in [2.75, 3.05) is 13.7 Å². The predicted molar refractivity (Wildman–Crippen MR) is 116 cm³/mol. The van der Waals surface area contributed by atoms with E-state index in [-0.39, 0.29) is 29.9 Å². The number of hydrogen-bond donors (Lipinski definition) is 3. The largest absolute Gasteiger partial charge is 0.497 e. The van der Waals surface area contributed by atoms with Crippen molar-refractivity contribution in [3.63, 3.8) is 0 Å². The number of carbonyl (C=O) groups is 3. The lowest BCUT2D eigenvalue weighted by Crippen LogP contribution is -2.50. The molecule has 0 aliphatic carbocycles. The molecule has 1 aromatic carbocycles. The third-order valence-electron chi connectivity index (χ3n) is 4.59. The summed E-state index contributed by atoms with van der Waals surface area (Å²) in [4.78, 5) is 38.0. The first-order valence-electron chi connectivity index (χ1n) is 9.47. The van der Waals surface area contributed by atoms with Crippen LogP contribution in [0.5, 0.6) is 5.75 Å². The summed E-state index contributed by atoms with van der Waals surface area (Å²) in [7, 11) is 1.58. The number of likely N-dealkylation sites (tertiary alicyclic amines) is 1. The molecule has 3 N–H and O–H groups in total. The monoisotopic (exact) mass is 442 g/mol. The van der Waals surface area contributed by atoms with Gasteiger partial charge in [-0.2, -0.15) is 0 Å². The molecule has 1 aliphatic rings. The zero-order chi connectivity index (χ0) is 22.2. The highest BCUT2D eigenvalue weighted by Crippen LogP contribution is 2.20. The number of thiocarbonyl (C=S) groups is 1. The Morgan fingerprint density at radius 3 is 2.71 bits per heavy atom. The van der Waals surface area contributed by atoms with Crippen LogP contribution in [-0.2, 0) is 20.9 Å². The Bertz CT molecular complexity index is 972. The second kappa shape index (κ2) is 10.4. The average molecular weight is 442 g/mol. The minimum atomic E-state index is -0.525. The van der Waals surface area contributed by atoms with Crippen molar-refractivity contribution in [1.82, 2.24) is 21.1 Å². The predicted octanol–water partition coefficient (Wildman–Crippen LogP) is 1.37. The molecule has 0 radical (unpaired) electrons. The van der Waals surface area contributed by atoms with Gasteiger partial charge < -0.3 is 14.1 Å². The van der Waals surface area contributed by atoms with Crippen LogP contribution in [0.25, 0.3) is 6.08 Å². The normalized spacial score (nSPS) is 15.7. The van der Waals surface area contributed by atoms with Crippen LogP contribution in [-0.4, -0.2) is 41.4 Å². The third kappa shape index (κ3) is 6.41. The van der Waals surface area contributed by atoms with E-state index in [9.17, 15) is 14.4 Å². The van der Waals surface area contributed by atoms with Crippen LogP contribution in [0.2, 0.25) is 0 Å². The van der Waals surface area contributed by atoms with Crippen LogP contribution in [0.15, 0.2) is 53.2 Å². The van der Waals surface area contributed by atoms with Crippen molar-refractivity contribution in [1.29, 1.82) is 0 Å². The van der Waals surface area contributed by atoms with Crippen molar-refractivity contribution >= 4 is 41.1 Å². The maximum Gasteiger partial charge on any atom is 0.250 e. The summed E-state index contributed by atoms with van der Waals surface area (Å²) in [6.45, 7) is 0.592. The van der Waals surface area contributed by atoms with Crippen molar-refractivity contribution < 1.29 is 23.5 Å². The fourth-order valence-electron chi connectivity index (χ4n) is 2.98. The molecule has 1 atom stereocenters. The van der Waals surface area contributed by atoms with E-state index in [0.29, 0.717) is 12.3 Å². The quantitative estimate of drug-likeness (QED) is 0.352. The summed E-state index contributed by atoms with van der Waals surface area (Å²) in [6, 6.07) is 10.7. The second-order valence-corrected chi connectivity index (χ2v) is 7.20. The van der Waals surface area contributed by atoms with Crippen LogP contribution in [0.4, 0.5) is 0 Å². The van der Waals surface area contributed by atoms with E-state index < -0.39 is 11.8 Å². The molecule has 9 nitrogen and oxygen atoms in total. The number of amides is 3. The minimum absolute atomic E-state index is 0.0607. The van der Waals surface area contributed by atoms with Crippen LogP contribution in [0.3, 0.4) is 0 Å². The zero-order valence-corrected chi connectivity index (χ0v) is 17.6. The van der Waals surface area contributed by atoms with Gasteiger partial charge in [-0.05, 0) is 48.1 Å². The molecule has 1 saturated heterocycles. The zero-order valence-electron chi connectivity index (χ0n) is 16.8. The van der Waals surface area contributed by atoms with Crippen LogP contribution < -0.4 is 20.9 Å². The van der Waals surface area contributed by atoms with E-state index in [1.807, 2.05) is 0 Å². The highest BCUT2D eigenvalue weighted by Gasteiger charge is 2.34.